The van der Waals surface area contributed by atoms with E-state index in [4.69, 9.17) is 0 Å². The molecule has 2 heterocycles. The number of nitrogens with zero attached hydrogens (tertiary/aromatic N) is 3. The highest BCUT2D eigenvalue weighted by molar-refractivity contribution is 5.58. The molecule has 0 unspecified atom stereocenters. The summed E-state index contributed by atoms with van der Waals surface area (Å²) in [5.74, 6) is -0.107. The van der Waals surface area contributed by atoms with Crippen LogP contribution in [0.2, 0.25) is 0 Å². The number of hydrogen-bond acceptors (Lipinski definition) is 5. The smallest absolute Gasteiger partial charge is 0.379 e. The normalized spacial score (nSPS) is 11.2. The molecule has 0 fully saturated rings. The van der Waals surface area contributed by atoms with Gasteiger partial charge < -0.3 is 10.6 Å². The Morgan fingerprint density at radius 2 is 1.60 bits per heavy atom. The number of benzene rings is 1. The first-order valence-electron chi connectivity index (χ1n) is 7.42. The van der Waals surface area contributed by atoms with Crippen molar-refractivity contribution in [2.75, 3.05) is 10.6 Å². The predicted octanol–water partition coefficient (Wildman–Crippen LogP) is 4.25. The van der Waals surface area contributed by atoms with Crippen molar-refractivity contribution in [3.63, 3.8) is 0 Å². The topological polar surface area (TPSA) is 62.7 Å². The standard InChI is InChI=1S/C17H14F3N5/c18-17(19,20)15-8-10-22-16(25-15)24-13-6-4-12(5-7-13)23-11-14-3-1-2-9-21-14/h1-10,23H,11H2,(H,22,24,25). The number of pyridine rings is 1. The van der Waals surface area contributed by atoms with Crippen LogP contribution in [0.1, 0.15) is 11.4 Å². The van der Waals surface area contributed by atoms with Gasteiger partial charge in [0.05, 0.1) is 12.2 Å². The fraction of sp³-hybridized carbons (Fsp3) is 0.118. The summed E-state index contributed by atoms with van der Waals surface area (Å²) in [6, 6.07) is 13.6. The van der Waals surface area contributed by atoms with Gasteiger partial charge in [-0.05, 0) is 42.5 Å². The molecule has 3 aromatic rings. The molecular formula is C17H14F3N5. The second kappa shape index (κ2) is 7.16. The van der Waals surface area contributed by atoms with Crippen molar-refractivity contribution in [3.05, 3.63) is 72.3 Å². The third-order valence-corrected chi connectivity index (χ3v) is 3.29. The molecule has 2 aromatic heterocycles. The fourth-order valence-electron chi connectivity index (χ4n) is 2.07. The molecule has 3 rings (SSSR count). The molecule has 0 bridgehead atoms. The Kier molecular flexibility index (Phi) is 4.78. The van der Waals surface area contributed by atoms with Crippen LogP contribution in [-0.2, 0) is 12.7 Å². The van der Waals surface area contributed by atoms with Gasteiger partial charge in [0.25, 0.3) is 0 Å². The van der Waals surface area contributed by atoms with Gasteiger partial charge in [-0.1, -0.05) is 6.07 Å². The van der Waals surface area contributed by atoms with E-state index < -0.39 is 11.9 Å². The molecule has 0 aliphatic heterocycles. The van der Waals surface area contributed by atoms with Crippen molar-refractivity contribution in [2.24, 2.45) is 0 Å². The van der Waals surface area contributed by atoms with E-state index in [1.165, 1.54) is 0 Å². The van der Waals surface area contributed by atoms with Crippen LogP contribution in [0.15, 0.2) is 60.9 Å². The van der Waals surface area contributed by atoms with Crippen molar-refractivity contribution in [3.8, 4) is 0 Å². The van der Waals surface area contributed by atoms with E-state index in [0.29, 0.717) is 12.2 Å². The van der Waals surface area contributed by atoms with Crippen molar-refractivity contribution in [1.82, 2.24) is 15.0 Å². The summed E-state index contributed by atoms with van der Waals surface area (Å²) in [6.07, 6.45) is -1.71. The van der Waals surface area contributed by atoms with Gasteiger partial charge in [-0.25, -0.2) is 9.97 Å². The Balaban J connectivity index is 1.63. The monoisotopic (exact) mass is 345 g/mol. The maximum atomic E-state index is 12.7. The lowest BCUT2D eigenvalue weighted by Gasteiger charge is -2.10. The largest absolute Gasteiger partial charge is 0.433 e. The predicted molar refractivity (Wildman–Crippen MR) is 88.3 cm³/mol. The Bertz CT molecular complexity index is 820. The van der Waals surface area contributed by atoms with Gasteiger partial charge in [0, 0.05) is 23.8 Å². The van der Waals surface area contributed by atoms with Crippen LogP contribution in [0.4, 0.5) is 30.5 Å². The van der Waals surface area contributed by atoms with Gasteiger partial charge in [0.1, 0.15) is 5.69 Å². The summed E-state index contributed by atoms with van der Waals surface area (Å²) in [5, 5.41) is 5.97. The lowest BCUT2D eigenvalue weighted by Crippen LogP contribution is -2.10. The summed E-state index contributed by atoms with van der Waals surface area (Å²) in [7, 11) is 0. The first-order chi connectivity index (χ1) is 12.0. The maximum absolute atomic E-state index is 12.7. The Hall–Kier alpha value is -3.16. The molecule has 0 radical (unpaired) electrons. The van der Waals surface area contributed by atoms with Crippen LogP contribution in [0.5, 0.6) is 0 Å². The van der Waals surface area contributed by atoms with Gasteiger partial charge in [-0.3, -0.25) is 4.98 Å². The second-order valence-electron chi connectivity index (χ2n) is 5.14. The molecular weight excluding hydrogens is 331 g/mol. The van der Waals surface area contributed by atoms with E-state index in [0.717, 1.165) is 23.6 Å². The van der Waals surface area contributed by atoms with E-state index >= 15 is 0 Å². The molecule has 1 aromatic carbocycles. The third-order valence-electron chi connectivity index (χ3n) is 3.29. The fourth-order valence-corrected chi connectivity index (χ4v) is 2.07. The minimum Gasteiger partial charge on any atom is -0.379 e. The lowest BCUT2D eigenvalue weighted by molar-refractivity contribution is -0.141. The summed E-state index contributed by atoms with van der Waals surface area (Å²) in [6.45, 7) is 0.574. The zero-order chi connectivity index (χ0) is 17.7. The average Bonchev–Trinajstić information content (AvgIpc) is 2.62. The number of anilines is 3. The number of aromatic nitrogens is 3. The van der Waals surface area contributed by atoms with Crippen LogP contribution in [0.3, 0.4) is 0 Å². The van der Waals surface area contributed by atoms with Crippen LogP contribution in [0, 0.1) is 0 Å². The van der Waals surface area contributed by atoms with Crippen molar-refractivity contribution in [2.45, 2.75) is 12.7 Å². The Labute approximate surface area is 142 Å². The second-order valence-corrected chi connectivity index (χ2v) is 5.14. The number of nitrogens with one attached hydrogen (secondary N) is 2. The SMILES string of the molecule is FC(F)(F)c1ccnc(Nc2ccc(NCc3ccccn3)cc2)n1. The molecule has 0 saturated heterocycles. The van der Waals surface area contributed by atoms with Gasteiger partial charge in [-0.2, -0.15) is 13.2 Å². The molecule has 0 saturated carbocycles. The van der Waals surface area contributed by atoms with E-state index in [1.807, 2.05) is 18.2 Å². The minimum atomic E-state index is -4.50. The van der Waals surface area contributed by atoms with E-state index in [1.54, 1.807) is 30.5 Å². The van der Waals surface area contributed by atoms with Crippen LogP contribution in [-0.4, -0.2) is 15.0 Å². The molecule has 128 valence electrons. The zero-order valence-corrected chi connectivity index (χ0v) is 13.0. The van der Waals surface area contributed by atoms with Gasteiger partial charge in [-0.15, -0.1) is 0 Å². The van der Waals surface area contributed by atoms with Crippen molar-refractivity contribution < 1.29 is 13.2 Å². The molecule has 8 heteroatoms. The highest BCUT2D eigenvalue weighted by Crippen LogP contribution is 2.28. The average molecular weight is 345 g/mol. The van der Waals surface area contributed by atoms with Crippen LogP contribution in [0.25, 0.3) is 0 Å². The van der Waals surface area contributed by atoms with Crippen LogP contribution < -0.4 is 10.6 Å². The quantitative estimate of drug-likeness (QED) is 0.724. The maximum Gasteiger partial charge on any atom is 0.433 e. The van der Waals surface area contributed by atoms with Gasteiger partial charge in [0.15, 0.2) is 0 Å². The summed E-state index contributed by atoms with van der Waals surface area (Å²) < 4.78 is 38.0. The van der Waals surface area contributed by atoms with E-state index in [9.17, 15) is 13.2 Å². The summed E-state index contributed by atoms with van der Waals surface area (Å²) in [4.78, 5) is 11.5. The number of halogens is 3. The third kappa shape index (κ3) is 4.66. The number of rotatable bonds is 5. The Morgan fingerprint density at radius 1 is 0.840 bits per heavy atom. The van der Waals surface area contributed by atoms with E-state index in [-0.39, 0.29) is 5.95 Å². The first kappa shape index (κ1) is 16.7. The minimum absolute atomic E-state index is 0.107. The highest BCUT2D eigenvalue weighted by Gasteiger charge is 2.32. The molecule has 5 nitrogen and oxygen atoms in total. The number of alkyl halides is 3. The lowest BCUT2D eigenvalue weighted by atomic mass is 10.2. The van der Waals surface area contributed by atoms with Gasteiger partial charge >= 0.3 is 6.18 Å². The van der Waals surface area contributed by atoms with Crippen LogP contribution >= 0.6 is 0 Å². The first-order valence-corrected chi connectivity index (χ1v) is 7.42. The summed E-state index contributed by atoms with van der Waals surface area (Å²) in [5.41, 5.74) is 1.37. The summed E-state index contributed by atoms with van der Waals surface area (Å²) >= 11 is 0. The zero-order valence-electron chi connectivity index (χ0n) is 13.0. The van der Waals surface area contributed by atoms with Gasteiger partial charge in [0.2, 0.25) is 5.95 Å². The highest BCUT2D eigenvalue weighted by atomic mass is 19.4. The van der Waals surface area contributed by atoms with Crippen molar-refractivity contribution in [1.29, 1.82) is 0 Å². The molecule has 0 amide bonds. The molecule has 0 spiro atoms. The molecule has 25 heavy (non-hydrogen) atoms. The Morgan fingerprint density at radius 3 is 2.28 bits per heavy atom. The molecule has 0 atom stereocenters. The molecule has 2 N–H and O–H groups in total. The molecule has 0 aliphatic rings. The number of hydrogen-bond donors (Lipinski definition) is 2. The van der Waals surface area contributed by atoms with E-state index in [2.05, 4.69) is 25.6 Å². The molecule has 0 aliphatic carbocycles. The van der Waals surface area contributed by atoms with Crippen molar-refractivity contribution >= 4 is 17.3 Å².